The summed E-state index contributed by atoms with van der Waals surface area (Å²) in [4.78, 5) is 26.9. The maximum absolute atomic E-state index is 13.6. The quantitative estimate of drug-likeness (QED) is 0.142. The van der Waals surface area contributed by atoms with E-state index in [1.54, 1.807) is 12.1 Å². The molecule has 1 aliphatic rings. The molecule has 0 aliphatic heterocycles. The van der Waals surface area contributed by atoms with Crippen LogP contribution in [0, 0.1) is 11.8 Å². The van der Waals surface area contributed by atoms with Crippen molar-refractivity contribution in [3.05, 3.63) is 72.3 Å². The van der Waals surface area contributed by atoms with Crippen LogP contribution >= 0.6 is 0 Å². The second kappa shape index (κ2) is 16.2. The van der Waals surface area contributed by atoms with Crippen molar-refractivity contribution in [2.24, 2.45) is 11.8 Å². The molecule has 4 rings (SSSR count). The summed E-state index contributed by atoms with van der Waals surface area (Å²) in [7, 11) is -3.89. The van der Waals surface area contributed by atoms with Gasteiger partial charge in [0, 0.05) is 37.2 Å². The molecule has 0 unspecified atom stereocenters. The highest BCUT2D eigenvalue weighted by molar-refractivity contribution is 7.89. The number of nitrogens with two attached hydrogens (primary N) is 1. The minimum atomic E-state index is -3.89. The maximum atomic E-state index is 13.6. The molecular weight excluding hydrogens is 588 g/mol. The first kappa shape index (κ1) is 34.4. The van der Waals surface area contributed by atoms with Crippen LogP contribution in [0.1, 0.15) is 64.4 Å². The summed E-state index contributed by atoms with van der Waals surface area (Å²) < 4.78 is 28.5. The van der Waals surface area contributed by atoms with Crippen molar-refractivity contribution >= 4 is 38.3 Å². The number of nitrogen functional groups attached to an aromatic ring is 1. The van der Waals surface area contributed by atoms with E-state index in [0.717, 1.165) is 48.4 Å². The van der Waals surface area contributed by atoms with Crippen molar-refractivity contribution in [3.8, 4) is 0 Å². The zero-order chi connectivity index (χ0) is 32.4. The van der Waals surface area contributed by atoms with Gasteiger partial charge in [-0.3, -0.25) is 9.59 Å². The van der Waals surface area contributed by atoms with Gasteiger partial charge in [-0.15, -0.1) is 0 Å². The third kappa shape index (κ3) is 9.28. The minimum absolute atomic E-state index is 0.0323. The van der Waals surface area contributed by atoms with E-state index in [2.05, 4.69) is 10.6 Å². The lowest BCUT2D eigenvalue weighted by atomic mass is 9.88. The first-order valence-corrected chi connectivity index (χ1v) is 17.6. The summed E-state index contributed by atoms with van der Waals surface area (Å²) in [5.41, 5.74) is 7.21. The number of anilines is 1. The molecule has 2 amide bonds. The fraction of sp³-hybridized carbons (Fsp3) is 0.486. The number of fused-ring (bicyclic) bond motifs is 1. The fourth-order valence-electron chi connectivity index (χ4n) is 6.13. The van der Waals surface area contributed by atoms with Gasteiger partial charge in [0.05, 0.1) is 11.5 Å². The Bertz CT molecular complexity index is 1520. The molecule has 9 nitrogen and oxygen atoms in total. The van der Waals surface area contributed by atoms with Crippen molar-refractivity contribution in [3.63, 3.8) is 0 Å². The Labute approximate surface area is 267 Å². The van der Waals surface area contributed by atoms with E-state index < -0.39 is 22.1 Å². The molecule has 3 aromatic rings. The molecule has 1 fully saturated rings. The third-order valence-corrected chi connectivity index (χ3v) is 10.5. The van der Waals surface area contributed by atoms with Crippen molar-refractivity contribution in [1.82, 2.24) is 14.9 Å². The predicted molar refractivity (Wildman–Crippen MR) is 179 cm³/mol. The standard InChI is InChI=1S/C35H48N4O5S/c1-25(2)23-39(45(43,44)31-19-17-29(36)18-20-31)30(24-40)15-9-21-37-35(42)33(38-34(41)27-11-4-3-5-12-27)22-28-14-8-13-26-10-6-7-16-32(26)28/h6-8,10,13-14,16-20,25,27,30,33,40H,3-5,9,11-12,15,21-24,36H2,1-2H3,(H,37,42)(H,38,41)/t30-,33-/m0/s1. The number of nitrogens with one attached hydrogen (secondary N) is 2. The molecule has 0 spiro atoms. The van der Waals surface area contributed by atoms with Crippen LogP contribution in [0.2, 0.25) is 0 Å². The van der Waals surface area contributed by atoms with Gasteiger partial charge in [0.25, 0.3) is 0 Å². The van der Waals surface area contributed by atoms with E-state index in [1.807, 2.05) is 56.3 Å². The average Bonchev–Trinajstić information content (AvgIpc) is 3.04. The lowest BCUT2D eigenvalue weighted by Crippen LogP contribution is -2.50. The molecule has 244 valence electrons. The van der Waals surface area contributed by atoms with Gasteiger partial charge >= 0.3 is 0 Å². The summed E-state index contributed by atoms with van der Waals surface area (Å²) in [6.45, 7) is 4.02. The molecule has 0 heterocycles. The normalized spacial score (nSPS) is 15.7. The monoisotopic (exact) mass is 636 g/mol. The maximum Gasteiger partial charge on any atom is 0.243 e. The number of hydrogen-bond acceptors (Lipinski definition) is 6. The number of rotatable bonds is 15. The van der Waals surface area contributed by atoms with Crippen LogP contribution in [0.15, 0.2) is 71.6 Å². The Balaban J connectivity index is 1.44. The van der Waals surface area contributed by atoms with Gasteiger partial charge < -0.3 is 21.5 Å². The molecule has 10 heteroatoms. The second-order valence-corrected chi connectivity index (χ2v) is 14.4. The SMILES string of the molecule is CC(C)CN([C@H](CO)CCCNC(=O)[C@H](Cc1cccc2ccccc12)NC(=O)C1CCCCC1)S(=O)(=O)c1ccc(N)cc1. The van der Waals surface area contributed by atoms with Crippen LogP contribution in [0.4, 0.5) is 5.69 Å². The Hall–Kier alpha value is -3.47. The molecule has 0 aromatic heterocycles. The molecule has 1 aliphatic carbocycles. The van der Waals surface area contributed by atoms with Gasteiger partial charge in [0.1, 0.15) is 6.04 Å². The largest absolute Gasteiger partial charge is 0.399 e. The van der Waals surface area contributed by atoms with Crippen molar-refractivity contribution < 1.29 is 23.1 Å². The fourth-order valence-corrected chi connectivity index (χ4v) is 7.94. The lowest BCUT2D eigenvalue weighted by molar-refractivity contribution is -0.131. The number of amides is 2. The number of sulfonamides is 1. The van der Waals surface area contributed by atoms with Gasteiger partial charge in [-0.2, -0.15) is 4.31 Å². The van der Waals surface area contributed by atoms with Crippen LogP contribution in [0.5, 0.6) is 0 Å². The number of aliphatic hydroxyl groups is 1. The van der Waals surface area contributed by atoms with Crippen LogP contribution in [0.25, 0.3) is 10.8 Å². The second-order valence-electron chi connectivity index (χ2n) is 12.5. The highest BCUT2D eigenvalue weighted by Crippen LogP contribution is 2.25. The molecule has 0 saturated heterocycles. The van der Waals surface area contributed by atoms with E-state index in [0.29, 0.717) is 24.9 Å². The van der Waals surface area contributed by atoms with Gasteiger partial charge in [0.15, 0.2) is 0 Å². The van der Waals surface area contributed by atoms with E-state index in [-0.39, 0.29) is 48.2 Å². The molecule has 1 saturated carbocycles. The first-order chi connectivity index (χ1) is 21.6. The molecule has 5 N–H and O–H groups in total. The minimum Gasteiger partial charge on any atom is -0.399 e. The number of benzene rings is 3. The molecule has 3 aromatic carbocycles. The summed E-state index contributed by atoms with van der Waals surface area (Å²) in [5, 5.41) is 18.4. The highest BCUT2D eigenvalue weighted by Gasteiger charge is 2.32. The third-order valence-electron chi connectivity index (χ3n) is 8.58. The number of carbonyl (C=O) groups excluding carboxylic acids is 2. The van der Waals surface area contributed by atoms with E-state index >= 15 is 0 Å². The van der Waals surface area contributed by atoms with Crippen molar-refractivity contribution in [1.29, 1.82) is 0 Å². The summed E-state index contributed by atoms with van der Waals surface area (Å²) in [5.74, 6) is -0.402. The Morgan fingerprint density at radius 1 is 0.978 bits per heavy atom. The van der Waals surface area contributed by atoms with E-state index in [1.165, 1.54) is 16.4 Å². The van der Waals surface area contributed by atoms with Gasteiger partial charge in [-0.25, -0.2) is 8.42 Å². The summed E-state index contributed by atoms with van der Waals surface area (Å²) in [6, 6.07) is 18.6. The molecule has 2 atom stereocenters. The van der Waals surface area contributed by atoms with E-state index in [9.17, 15) is 23.1 Å². The van der Waals surface area contributed by atoms with Crippen LogP contribution in [0.3, 0.4) is 0 Å². The summed E-state index contributed by atoms with van der Waals surface area (Å²) >= 11 is 0. The van der Waals surface area contributed by atoms with Gasteiger partial charge in [-0.05, 0) is 72.2 Å². The number of hydrogen-bond donors (Lipinski definition) is 4. The average molecular weight is 637 g/mol. The van der Waals surface area contributed by atoms with Gasteiger partial charge in [0.2, 0.25) is 21.8 Å². The molecular formula is C35H48N4O5S. The topological polar surface area (TPSA) is 142 Å². The lowest BCUT2D eigenvalue weighted by Gasteiger charge is -2.31. The van der Waals surface area contributed by atoms with Crippen LogP contribution in [-0.2, 0) is 26.0 Å². The van der Waals surface area contributed by atoms with Gasteiger partial charge in [-0.1, -0.05) is 75.6 Å². The molecule has 45 heavy (non-hydrogen) atoms. The van der Waals surface area contributed by atoms with Crippen LogP contribution in [-0.4, -0.2) is 61.4 Å². The van der Waals surface area contributed by atoms with E-state index in [4.69, 9.17) is 5.73 Å². The number of nitrogens with zero attached hydrogens (tertiary/aromatic N) is 1. The van der Waals surface area contributed by atoms with Crippen molar-refractivity contribution in [2.45, 2.75) is 82.2 Å². The smallest absolute Gasteiger partial charge is 0.243 e. The van der Waals surface area contributed by atoms with Crippen molar-refractivity contribution in [2.75, 3.05) is 25.4 Å². The zero-order valence-electron chi connectivity index (χ0n) is 26.5. The Morgan fingerprint density at radius 3 is 2.36 bits per heavy atom. The zero-order valence-corrected chi connectivity index (χ0v) is 27.3. The molecule has 0 radical (unpaired) electrons. The Kier molecular flexibility index (Phi) is 12.4. The molecule has 0 bridgehead atoms. The Morgan fingerprint density at radius 2 is 1.67 bits per heavy atom. The first-order valence-electron chi connectivity index (χ1n) is 16.1. The predicted octanol–water partition coefficient (Wildman–Crippen LogP) is 4.63. The highest BCUT2D eigenvalue weighted by atomic mass is 32.2. The summed E-state index contributed by atoms with van der Waals surface area (Å²) in [6.07, 6.45) is 5.99. The number of carbonyl (C=O) groups is 2. The number of aliphatic hydroxyl groups excluding tert-OH is 1. The van der Waals surface area contributed by atoms with Crippen LogP contribution < -0.4 is 16.4 Å².